The molecular formula is C18H32N4O2. The number of aryl methyl sites for hydroxylation is 2. The summed E-state index contributed by atoms with van der Waals surface area (Å²) in [6.07, 6.45) is 4.43. The monoisotopic (exact) mass is 336 g/mol. The molecule has 0 aliphatic heterocycles. The molecule has 0 aromatic carbocycles. The van der Waals surface area contributed by atoms with Crippen molar-refractivity contribution >= 4 is 6.03 Å². The first kappa shape index (κ1) is 18.8. The molecule has 0 bridgehead atoms. The van der Waals surface area contributed by atoms with Crippen molar-refractivity contribution in [3.05, 3.63) is 17.0 Å². The number of rotatable bonds is 5. The Labute approximate surface area is 145 Å². The lowest BCUT2D eigenvalue weighted by molar-refractivity contribution is 0.00304. The van der Waals surface area contributed by atoms with Gasteiger partial charge in [-0.05, 0) is 33.1 Å². The lowest BCUT2D eigenvalue weighted by Gasteiger charge is -2.38. The van der Waals surface area contributed by atoms with Crippen molar-refractivity contribution in [2.45, 2.75) is 71.9 Å². The van der Waals surface area contributed by atoms with Crippen LogP contribution in [0.5, 0.6) is 0 Å². The first-order valence-electron chi connectivity index (χ1n) is 9.01. The molecule has 136 valence electrons. The SMILES string of the molecule is CCC(NC(=O)NCC1(C)CCCCC1O)c1c(C)nn(C)c1C. The fraction of sp³-hybridized carbons (Fsp3) is 0.778. The number of carbonyl (C=O) groups excluding carboxylic acids is 1. The van der Waals surface area contributed by atoms with Crippen LogP contribution in [0.2, 0.25) is 0 Å². The highest BCUT2D eigenvalue weighted by molar-refractivity contribution is 5.74. The van der Waals surface area contributed by atoms with Crippen molar-refractivity contribution in [3.63, 3.8) is 0 Å². The number of nitrogens with zero attached hydrogens (tertiary/aromatic N) is 2. The standard InChI is InChI=1S/C18H32N4O2/c1-6-14(16-12(2)21-22(5)13(16)3)20-17(24)19-11-18(4)10-8-7-9-15(18)23/h14-15,23H,6-11H2,1-5H3,(H2,19,20,24). The van der Waals surface area contributed by atoms with Gasteiger partial charge in [0.25, 0.3) is 0 Å². The summed E-state index contributed by atoms with van der Waals surface area (Å²) in [4.78, 5) is 12.4. The molecule has 3 N–H and O–H groups in total. The van der Waals surface area contributed by atoms with Gasteiger partial charge in [-0.1, -0.05) is 26.7 Å². The molecule has 3 atom stereocenters. The van der Waals surface area contributed by atoms with Crippen molar-refractivity contribution in [1.82, 2.24) is 20.4 Å². The van der Waals surface area contributed by atoms with E-state index in [1.54, 1.807) is 0 Å². The Morgan fingerprint density at radius 2 is 2.17 bits per heavy atom. The molecule has 1 aliphatic carbocycles. The molecule has 2 rings (SSSR count). The second-order valence-electron chi connectivity index (χ2n) is 7.41. The second kappa shape index (κ2) is 7.55. The summed E-state index contributed by atoms with van der Waals surface area (Å²) >= 11 is 0. The van der Waals surface area contributed by atoms with Gasteiger partial charge in [0.15, 0.2) is 0 Å². The fourth-order valence-electron chi connectivity index (χ4n) is 3.75. The first-order valence-corrected chi connectivity index (χ1v) is 9.01. The van der Waals surface area contributed by atoms with Crippen LogP contribution in [0.25, 0.3) is 0 Å². The number of nitrogens with one attached hydrogen (secondary N) is 2. The third kappa shape index (κ3) is 3.91. The van der Waals surface area contributed by atoms with Crippen LogP contribution < -0.4 is 10.6 Å². The molecule has 2 amide bonds. The van der Waals surface area contributed by atoms with E-state index >= 15 is 0 Å². The zero-order valence-electron chi connectivity index (χ0n) is 15.6. The Morgan fingerprint density at radius 3 is 2.71 bits per heavy atom. The molecule has 6 nitrogen and oxygen atoms in total. The minimum atomic E-state index is -0.337. The molecule has 0 spiro atoms. The number of hydrogen-bond acceptors (Lipinski definition) is 3. The van der Waals surface area contributed by atoms with Gasteiger partial charge in [0.2, 0.25) is 0 Å². The van der Waals surface area contributed by atoms with Crippen molar-refractivity contribution < 1.29 is 9.90 Å². The maximum absolute atomic E-state index is 12.4. The van der Waals surface area contributed by atoms with Gasteiger partial charge in [0, 0.05) is 30.3 Å². The molecule has 1 fully saturated rings. The Hall–Kier alpha value is -1.56. The van der Waals surface area contributed by atoms with E-state index in [9.17, 15) is 9.90 Å². The Kier molecular flexibility index (Phi) is 5.91. The largest absolute Gasteiger partial charge is 0.392 e. The second-order valence-corrected chi connectivity index (χ2v) is 7.41. The van der Waals surface area contributed by atoms with Crippen LogP contribution in [0.15, 0.2) is 0 Å². The molecule has 1 aromatic rings. The van der Waals surface area contributed by atoms with Crippen LogP contribution in [0.4, 0.5) is 4.79 Å². The van der Waals surface area contributed by atoms with E-state index in [1.807, 2.05) is 25.6 Å². The fourth-order valence-corrected chi connectivity index (χ4v) is 3.75. The van der Waals surface area contributed by atoms with Crippen LogP contribution in [0.3, 0.4) is 0 Å². The van der Waals surface area contributed by atoms with Crippen molar-refractivity contribution in [1.29, 1.82) is 0 Å². The highest BCUT2D eigenvalue weighted by Gasteiger charge is 2.35. The minimum absolute atomic E-state index is 0.0530. The smallest absolute Gasteiger partial charge is 0.315 e. The normalized spacial score (nSPS) is 25.3. The molecule has 24 heavy (non-hydrogen) atoms. The molecule has 0 saturated heterocycles. The van der Waals surface area contributed by atoms with Crippen LogP contribution in [-0.4, -0.2) is 33.6 Å². The van der Waals surface area contributed by atoms with Gasteiger partial charge in [-0.2, -0.15) is 5.10 Å². The summed E-state index contributed by atoms with van der Waals surface area (Å²) in [5.74, 6) is 0. The van der Waals surface area contributed by atoms with Crippen molar-refractivity contribution in [3.8, 4) is 0 Å². The Bertz CT molecular complexity index is 584. The molecule has 6 heteroatoms. The number of amides is 2. The van der Waals surface area contributed by atoms with E-state index in [0.29, 0.717) is 6.54 Å². The van der Waals surface area contributed by atoms with E-state index in [1.165, 1.54) is 0 Å². The number of urea groups is 1. The predicted octanol–water partition coefficient (Wildman–Crippen LogP) is 2.73. The zero-order valence-corrected chi connectivity index (χ0v) is 15.6. The summed E-state index contributed by atoms with van der Waals surface area (Å²) < 4.78 is 1.85. The van der Waals surface area contributed by atoms with Gasteiger partial charge in [-0.25, -0.2) is 4.79 Å². The maximum atomic E-state index is 12.4. The van der Waals surface area contributed by atoms with Crippen molar-refractivity contribution in [2.24, 2.45) is 12.5 Å². The van der Waals surface area contributed by atoms with Crippen LogP contribution in [0, 0.1) is 19.3 Å². The van der Waals surface area contributed by atoms with Gasteiger partial charge < -0.3 is 15.7 Å². The third-order valence-electron chi connectivity index (χ3n) is 5.56. The van der Waals surface area contributed by atoms with E-state index in [4.69, 9.17) is 0 Å². The molecule has 1 aromatic heterocycles. The van der Waals surface area contributed by atoms with Gasteiger partial charge in [0.05, 0.1) is 17.8 Å². The van der Waals surface area contributed by atoms with Gasteiger partial charge >= 0.3 is 6.03 Å². The average Bonchev–Trinajstić information content (AvgIpc) is 2.79. The van der Waals surface area contributed by atoms with Crippen LogP contribution in [0.1, 0.15) is 68.9 Å². The lowest BCUT2D eigenvalue weighted by Crippen LogP contribution is -2.48. The summed E-state index contributed by atoms with van der Waals surface area (Å²) in [5.41, 5.74) is 2.91. The Morgan fingerprint density at radius 1 is 1.46 bits per heavy atom. The quantitative estimate of drug-likeness (QED) is 0.773. The number of aliphatic hydroxyl groups is 1. The summed E-state index contributed by atoms with van der Waals surface area (Å²) in [5, 5.41) is 20.7. The lowest BCUT2D eigenvalue weighted by atomic mass is 9.73. The van der Waals surface area contributed by atoms with E-state index in [2.05, 4.69) is 29.6 Å². The number of aliphatic hydroxyl groups excluding tert-OH is 1. The highest BCUT2D eigenvalue weighted by atomic mass is 16.3. The summed E-state index contributed by atoms with van der Waals surface area (Å²) in [7, 11) is 1.92. The molecule has 0 radical (unpaired) electrons. The van der Waals surface area contributed by atoms with Crippen LogP contribution >= 0.6 is 0 Å². The van der Waals surface area contributed by atoms with E-state index < -0.39 is 0 Å². The van der Waals surface area contributed by atoms with E-state index in [-0.39, 0.29) is 23.6 Å². The summed E-state index contributed by atoms with van der Waals surface area (Å²) in [6.45, 7) is 8.62. The maximum Gasteiger partial charge on any atom is 0.315 e. The van der Waals surface area contributed by atoms with Gasteiger partial charge in [-0.3, -0.25) is 4.68 Å². The highest BCUT2D eigenvalue weighted by Crippen LogP contribution is 2.35. The molecule has 1 saturated carbocycles. The molecule has 3 unspecified atom stereocenters. The van der Waals surface area contributed by atoms with Gasteiger partial charge in [0.1, 0.15) is 0 Å². The minimum Gasteiger partial charge on any atom is -0.392 e. The summed E-state index contributed by atoms with van der Waals surface area (Å²) in [6, 6.07) is -0.230. The van der Waals surface area contributed by atoms with Crippen LogP contribution in [-0.2, 0) is 7.05 Å². The molecule has 1 aliphatic rings. The molecular weight excluding hydrogens is 304 g/mol. The number of hydrogen-bond donors (Lipinski definition) is 3. The first-order chi connectivity index (χ1) is 11.3. The number of carbonyl (C=O) groups is 1. The van der Waals surface area contributed by atoms with Gasteiger partial charge in [-0.15, -0.1) is 0 Å². The van der Waals surface area contributed by atoms with E-state index in [0.717, 1.165) is 49.1 Å². The number of aromatic nitrogens is 2. The zero-order chi connectivity index (χ0) is 17.9. The predicted molar refractivity (Wildman–Crippen MR) is 94.8 cm³/mol. The van der Waals surface area contributed by atoms with Crippen molar-refractivity contribution in [2.75, 3.05) is 6.54 Å². The average molecular weight is 336 g/mol. The Balaban J connectivity index is 1.97. The molecule has 1 heterocycles. The third-order valence-corrected chi connectivity index (χ3v) is 5.56. The topological polar surface area (TPSA) is 79.2 Å².